The van der Waals surface area contributed by atoms with E-state index in [0.717, 1.165) is 6.42 Å². The summed E-state index contributed by atoms with van der Waals surface area (Å²) >= 11 is 0. The van der Waals surface area contributed by atoms with Gasteiger partial charge in [0.15, 0.2) is 0 Å². The quantitative estimate of drug-likeness (QED) is 0.304. The summed E-state index contributed by atoms with van der Waals surface area (Å²) in [7, 11) is 0. The molecule has 0 unspecified atom stereocenters. The van der Waals surface area contributed by atoms with Crippen LogP contribution in [0.4, 0.5) is 0 Å². The van der Waals surface area contributed by atoms with Crippen LogP contribution in [0.2, 0.25) is 0 Å². The van der Waals surface area contributed by atoms with E-state index in [1.54, 1.807) is 0 Å². The molecule has 0 radical (unpaired) electrons. The minimum Gasteiger partial charge on any atom is -0.103 e. The van der Waals surface area contributed by atoms with E-state index in [1.807, 2.05) is 6.08 Å². The third-order valence-corrected chi connectivity index (χ3v) is 2.59. The van der Waals surface area contributed by atoms with Gasteiger partial charge < -0.3 is 0 Å². The standard InChI is InChI=1S/C16H28/c1-3-5-7-9-11-13-15-16-14-12-10-8-6-4-2/h3,11-14H,1,4-10,15-16H2,2H3. The minimum atomic E-state index is 1.14. The van der Waals surface area contributed by atoms with Gasteiger partial charge in [-0.3, -0.25) is 0 Å². The average molecular weight is 220 g/mol. The second-order valence-corrected chi connectivity index (χ2v) is 4.24. The third-order valence-electron chi connectivity index (χ3n) is 2.59. The molecule has 0 saturated carbocycles. The Balaban J connectivity index is 3.15. The smallest absolute Gasteiger partial charge is 0.0316 e. The van der Waals surface area contributed by atoms with Crippen LogP contribution in [-0.2, 0) is 0 Å². The second kappa shape index (κ2) is 14.2. The Morgan fingerprint density at radius 2 is 1.25 bits per heavy atom. The molecule has 0 N–H and O–H groups in total. The lowest BCUT2D eigenvalue weighted by Crippen LogP contribution is -1.72. The molecule has 0 aliphatic rings. The van der Waals surface area contributed by atoms with Crippen LogP contribution in [0.1, 0.15) is 64.7 Å². The highest BCUT2D eigenvalue weighted by atomic mass is 13.9. The Morgan fingerprint density at radius 1 is 0.688 bits per heavy atom. The number of hydrogen-bond acceptors (Lipinski definition) is 0. The summed E-state index contributed by atoms with van der Waals surface area (Å²) in [6.07, 6.45) is 22.5. The zero-order valence-electron chi connectivity index (χ0n) is 11.0. The van der Waals surface area contributed by atoms with Crippen molar-refractivity contribution < 1.29 is 0 Å². The van der Waals surface area contributed by atoms with Crippen LogP contribution in [0.25, 0.3) is 0 Å². The summed E-state index contributed by atoms with van der Waals surface area (Å²) in [4.78, 5) is 0. The third kappa shape index (κ3) is 13.2. The van der Waals surface area contributed by atoms with Gasteiger partial charge in [0.25, 0.3) is 0 Å². The summed E-state index contributed by atoms with van der Waals surface area (Å²) in [5, 5.41) is 0. The van der Waals surface area contributed by atoms with E-state index < -0.39 is 0 Å². The zero-order valence-corrected chi connectivity index (χ0v) is 11.0. The van der Waals surface area contributed by atoms with Crippen molar-refractivity contribution in [2.45, 2.75) is 64.7 Å². The normalized spacial score (nSPS) is 11.6. The molecule has 0 spiro atoms. The molecule has 0 heterocycles. The van der Waals surface area contributed by atoms with E-state index in [4.69, 9.17) is 0 Å². The Bertz CT molecular complexity index is 186. The maximum absolute atomic E-state index is 3.72. The fraction of sp³-hybridized carbons (Fsp3) is 0.625. The van der Waals surface area contributed by atoms with Crippen LogP contribution in [-0.4, -0.2) is 0 Å². The van der Waals surface area contributed by atoms with Crippen molar-refractivity contribution in [1.82, 2.24) is 0 Å². The highest BCUT2D eigenvalue weighted by Crippen LogP contribution is 2.02. The molecule has 0 aromatic heterocycles. The molecule has 0 nitrogen and oxygen atoms in total. The van der Waals surface area contributed by atoms with Crippen molar-refractivity contribution >= 4 is 0 Å². The monoisotopic (exact) mass is 220 g/mol. The molecule has 16 heavy (non-hydrogen) atoms. The van der Waals surface area contributed by atoms with Crippen LogP contribution < -0.4 is 0 Å². The second-order valence-electron chi connectivity index (χ2n) is 4.24. The molecule has 0 aromatic carbocycles. The summed E-state index contributed by atoms with van der Waals surface area (Å²) in [6.45, 7) is 5.97. The van der Waals surface area contributed by atoms with Gasteiger partial charge >= 0.3 is 0 Å². The summed E-state index contributed by atoms with van der Waals surface area (Å²) in [6, 6.07) is 0. The number of unbranched alkanes of at least 4 members (excludes halogenated alkanes) is 6. The van der Waals surface area contributed by atoms with Gasteiger partial charge in [-0.05, 0) is 44.9 Å². The SMILES string of the molecule is C=CCCCC=CCCC=CCCCCC. The highest BCUT2D eigenvalue weighted by Gasteiger charge is 1.82. The van der Waals surface area contributed by atoms with Gasteiger partial charge in [-0.25, -0.2) is 0 Å². The number of rotatable bonds is 11. The molecule has 0 aliphatic carbocycles. The predicted molar refractivity (Wildman–Crippen MR) is 75.7 cm³/mol. The minimum absolute atomic E-state index is 1.14. The first-order valence-electron chi connectivity index (χ1n) is 6.82. The van der Waals surface area contributed by atoms with E-state index in [2.05, 4.69) is 37.8 Å². The van der Waals surface area contributed by atoms with Gasteiger partial charge in [-0.1, -0.05) is 50.1 Å². The lowest BCUT2D eigenvalue weighted by Gasteiger charge is -1.92. The van der Waals surface area contributed by atoms with E-state index >= 15 is 0 Å². The van der Waals surface area contributed by atoms with E-state index in [1.165, 1.54) is 51.4 Å². The number of allylic oxidation sites excluding steroid dienone is 5. The first-order chi connectivity index (χ1) is 7.91. The van der Waals surface area contributed by atoms with Crippen LogP contribution >= 0.6 is 0 Å². The van der Waals surface area contributed by atoms with Gasteiger partial charge in [-0.15, -0.1) is 6.58 Å². The van der Waals surface area contributed by atoms with E-state index in [9.17, 15) is 0 Å². The molecule has 0 heteroatoms. The molecule has 0 bridgehead atoms. The lowest BCUT2D eigenvalue weighted by atomic mass is 10.1. The molecule has 0 rings (SSSR count). The first-order valence-corrected chi connectivity index (χ1v) is 6.82. The summed E-state index contributed by atoms with van der Waals surface area (Å²) in [5.41, 5.74) is 0. The Hall–Kier alpha value is -0.780. The molecule has 0 amide bonds. The molecule has 0 saturated heterocycles. The van der Waals surface area contributed by atoms with Crippen LogP contribution in [0.5, 0.6) is 0 Å². The Labute approximate surface area is 102 Å². The molecule has 92 valence electrons. The van der Waals surface area contributed by atoms with Crippen molar-refractivity contribution in [3.63, 3.8) is 0 Å². The van der Waals surface area contributed by atoms with Crippen molar-refractivity contribution in [3.05, 3.63) is 37.0 Å². The molecule has 0 aromatic rings. The summed E-state index contributed by atoms with van der Waals surface area (Å²) < 4.78 is 0. The molecular weight excluding hydrogens is 192 g/mol. The van der Waals surface area contributed by atoms with Crippen molar-refractivity contribution in [2.24, 2.45) is 0 Å². The first kappa shape index (κ1) is 15.2. The summed E-state index contributed by atoms with van der Waals surface area (Å²) in [5.74, 6) is 0. The zero-order chi connectivity index (χ0) is 11.9. The van der Waals surface area contributed by atoms with Crippen molar-refractivity contribution in [2.75, 3.05) is 0 Å². The fourth-order valence-corrected chi connectivity index (χ4v) is 1.56. The van der Waals surface area contributed by atoms with Crippen LogP contribution in [0.15, 0.2) is 37.0 Å². The highest BCUT2D eigenvalue weighted by molar-refractivity contribution is 4.88. The maximum atomic E-state index is 3.72. The molecule has 0 atom stereocenters. The van der Waals surface area contributed by atoms with Gasteiger partial charge in [0.05, 0.1) is 0 Å². The van der Waals surface area contributed by atoms with Crippen LogP contribution in [0.3, 0.4) is 0 Å². The van der Waals surface area contributed by atoms with E-state index in [-0.39, 0.29) is 0 Å². The average Bonchev–Trinajstić information content (AvgIpc) is 2.31. The van der Waals surface area contributed by atoms with Crippen LogP contribution in [0, 0.1) is 0 Å². The lowest BCUT2D eigenvalue weighted by molar-refractivity contribution is 0.728. The van der Waals surface area contributed by atoms with Gasteiger partial charge in [-0.2, -0.15) is 0 Å². The van der Waals surface area contributed by atoms with E-state index in [0.29, 0.717) is 0 Å². The number of hydrogen-bond donors (Lipinski definition) is 0. The van der Waals surface area contributed by atoms with Crippen molar-refractivity contribution in [1.29, 1.82) is 0 Å². The Kier molecular flexibility index (Phi) is 13.5. The Morgan fingerprint density at radius 3 is 1.81 bits per heavy atom. The molecular formula is C16H28. The van der Waals surface area contributed by atoms with Gasteiger partial charge in [0.1, 0.15) is 0 Å². The molecule has 0 fully saturated rings. The predicted octanol–water partition coefficient (Wildman–Crippen LogP) is 5.82. The topological polar surface area (TPSA) is 0 Å². The fourth-order valence-electron chi connectivity index (χ4n) is 1.56. The maximum Gasteiger partial charge on any atom is -0.0316 e. The van der Waals surface area contributed by atoms with Gasteiger partial charge in [0, 0.05) is 0 Å². The largest absolute Gasteiger partial charge is 0.103 e. The van der Waals surface area contributed by atoms with Gasteiger partial charge in [0.2, 0.25) is 0 Å². The van der Waals surface area contributed by atoms with Crippen molar-refractivity contribution in [3.8, 4) is 0 Å². The molecule has 0 aliphatic heterocycles.